The van der Waals surface area contributed by atoms with Gasteiger partial charge in [0.05, 0.1) is 11.3 Å². The fourth-order valence-corrected chi connectivity index (χ4v) is 4.80. The Morgan fingerprint density at radius 2 is 1.55 bits per heavy atom. The summed E-state index contributed by atoms with van der Waals surface area (Å²) in [5.41, 5.74) is 1.25. The summed E-state index contributed by atoms with van der Waals surface area (Å²) >= 11 is 0. The maximum absolute atomic E-state index is 12.7. The fourth-order valence-electron chi connectivity index (χ4n) is 3.28. The van der Waals surface area contributed by atoms with E-state index in [9.17, 15) is 18.0 Å². The smallest absolute Gasteiger partial charge is 0.315 e. The van der Waals surface area contributed by atoms with Gasteiger partial charge in [0.15, 0.2) is 5.78 Å². The Bertz CT molecular complexity index is 959. The molecule has 2 aromatic rings. The SMILES string of the molecule is CCC(=O)c1ccc(OC(=O)Cc2ccc(S(=O)(=O)N3CCCCC3)cc2)cc1. The van der Waals surface area contributed by atoms with E-state index in [0.29, 0.717) is 36.4 Å². The number of ketones is 1. The number of Topliss-reactive ketones (excluding diaryl/α,β-unsaturated/α-hetero) is 1. The number of benzene rings is 2. The molecule has 0 N–H and O–H groups in total. The van der Waals surface area contributed by atoms with Crippen molar-refractivity contribution in [3.63, 3.8) is 0 Å². The molecular weight excluding hydrogens is 390 g/mol. The molecule has 1 aliphatic rings. The molecule has 2 aromatic carbocycles. The van der Waals surface area contributed by atoms with Gasteiger partial charge in [0.25, 0.3) is 0 Å². The Balaban J connectivity index is 1.60. The summed E-state index contributed by atoms with van der Waals surface area (Å²) in [5.74, 6) is -0.0550. The number of ether oxygens (including phenoxy) is 1. The minimum Gasteiger partial charge on any atom is -0.426 e. The van der Waals surface area contributed by atoms with Crippen LogP contribution in [0.1, 0.15) is 48.5 Å². The lowest BCUT2D eigenvalue weighted by Crippen LogP contribution is -2.35. The molecule has 3 rings (SSSR count). The van der Waals surface area contributed by atoms with E-state index in [1.165, 1.54) is 16.4 Å². The molecule has 1 fully saturated rings. The highest BCUT2D eigenvalue weighted by atomic mass is 32.2. The summed E-state index contributed by atoms with van der Waals surface area (Å²) in [5, 5.41) is 0. The molecule has 6 nitrogen and oxygen atoms in total. The number of nitrogens with zero attached hydrogens (tertiary/aromatic N) is 1. The summed E-state index contributed by atoms with van der Waals surface area (Å²) in [6, 6.07) is 12.8. The largest absolute Gasteiger partial charge is 0.426 e. The minimum atomic E-state index is -3.48. The van der Waals surface area contributed by atoms with E-state index in [1.54, 1.807) is 43.3 Å². The van der Waals surface area contributed by atoms with Crippen LogP contribution in [0.5, 0.6) is 5.75 Å². The molecule has 0 aliphatic carbocycles. The van der Waals surface area contributed by atoms with E-state index >= 15 is 0 Å². The zero-order chi connectivity index (χ0) is 20.9. The second-order valence-corrected chi connectivity index (χ2v) is 9.00. The molecule has 0 atom stereocenters. The molecule has 7 heteroatoms. The third-order valence-electron chi connectivity index (χ3n) is 4.95. The summed E-state index contributed by atoms with van der Waals surface area (Å²) in [6.45, 7) is 2.90. The Kier molecular flexibility index (Phi) is 6.82. The predicted octanol–water partition coefficient (Wildman–Crippen LogP) is 3.60. The lowest BCUT2D eigenvalue weighted by Gasteiger charge is -2.25. The van der Waals surface area contributed by atoms with Gasteiger partial charge in [-0.15, -0.1) is 0 Å². The zero-order valence-electron chi connectivity index (χ0n) is 16.5. The fraction of sp³-hybridized carbons (Fsp3) is 0.364. The van der Waals surface area contributed by atoms with Crippen molar-refractivity contribution in [1.29, 1.82) is 0 Å². The zero-order valence-corrected chi connectivity index (χ0v) is 17.3. The summed E-state index contributed by atoms with van der Waals surface area (Å²) in [7, 11) is -3.48. The van der Waals surface area contributed by atoms with Crippen molar-refractivity contribution in [2.75, 3.05) is 13.1 Å². The molecule has 1 heterocycles. The number of carbonyl (C=O) groups is 2. The molecule has 29 heavy (non-hydrogen) atoms. The van der Waals surface area contributed by atoms with Gasteiger partial charge in [-0.25, -0.2) is 8.42 Å². The maximum Gasteiger partial charge on any atom is 0.315 e. The van der Waals surface area contributed by atoms with Crippen LogP contribution in [-0.4, -0.2) is 37.6 Å². The monoisotopic (exact) mass is 415 g/mol. The number of hydrogen-bond donors (Lipinski definition) is 0. The number of carbonyl (C=O) groups excluding carboxylic acids is 2. The third-order valence-corrected chi connectivity index (χ3v) is 6.87. The molecule has 0 aromatic heterocycles. The van der Waals surface area contributed by atoms with E-state index in [4.69, 9.17) is 4.74 Å². The second kappa shape index (κ2) is 9.33. The summed E-state index contributed by atoms with van der Waals surface area (Å²) in [4.78, 5) is 24.0. The normalized spacial score (nSPS) is 15.1. The van der Waals surface area contributed by atoms with Gasteiger partial charge in [0, 0.05) is 25.1 Å². The first-order valence-electron chi connectivity index (χ1n) is 9.83. The summed E-state index contributed by atoms with van der Waals surface area (Å²) in [6.07, 6.45) is 3.28. The molecule has 0 amide bonds. The molecule has 154 valence electrons. The van der Waals surface area contributed by atoms with Crippen molar-refractivity contribution in [1.82, 2.24) is 4.31 Å². The first-order chi connectivity index (χ1) is 13.9. The van der Waals surface area contributed by atoms with Crippen molar-refractivity contribution < 1.29 is 22.7 Å². The number of esters is 1. The van der Waals surface area contributed by atoms with Gasteiger partial charge in [-0.05, 0) is 54.8 Å². The van der Waals surface area contributed by atoms with Crippen LogP contribution in [0.3, 0.4) is 0 Å². The van der Waals surface area contributed by atoms with Crippen LogP contribution < -0.4 is 4.74 Å². The van der Waals surface area contributed by atoms with Crippen LogP contribution in [0.4, 0.5) is 0 Å². The van der Waals surface area contributed by atoms with Gasteiger partial charge in [-0.1, -0.05) is 25.5 Å². The first-order valence-corrected chi connectivity index (χ1v) is 11.3. The Morgan fingerprint density at radius 1 is 0.931 bits per heavy atom. The molecule has 1 aliphatic heterocycles. The van der Waals surface area contributed by atoms with Gasteiger partial charge in [-0.3, -0.25) is 9.59 Å². The average Bonchev–Trinajstić information content (AvgIpc) is 2.74. The van der Waals surface area contributed by atoms with E-state index < -0.39 is 16.0 Å². The first kappa shape index (κ1) is 21.2. The number of rotatable bonds is 7. The van der Waals surface area contributed by atoms with Gasteiger partial charge in [0.2, 0.25) is 10.0 Å². The van der Waals surface area contributed by atoms with E-state index in [-0.39, 0.29) is 17.1 Å². The van der Waals surface area contributed by atoms with Crippen molar-refractivity contribution in [3.05, 3.63) is 59.7 Å². The highest BCUT2D eigenvalue weighted by Gasteiger charge is 2.25. The van der Waals surface area contributed by atoms with Crippen LogP contribution in [0, 0.1) is 0 Å². The quantitative estimate of drug-likeness (QED) is 0.392. The van der Waals surface area contributed by atoms with Crippen LogP contribution in [0.2, 0.25) is 0 Å². The lowest BCUT2D eigenvalue weighted by molar-refractivity contribution is -0.133. The van der Waals surface area contributed by atoms with Crippen LogP contribution in [0.15, 0.2) is 53.4 Å². The molecule has 1 saturated heterocycles. The highest BCUT2D eigenvalue weighted by molar-refractivity contribution is 7.89. The van der Waals surface area contributed by atoms with Crippen LogP contribution in [0.25, 0.3) is 0 Å². The van der Waals surface area contributed by atoms with E-state index in [2.05, 4.69) is 0 Å². The maximum atomic E-state index is 12.7. The predicted molar refractivity (Wildman–Crippen MR) is 109 cm³/mol. The molecule has 0 spiro atoms. The average molecular weight is 416 g/mol. The summed E-state index contributed by atoms with van der Waals surface area (Å²) < 4.78 is 32.2. The molecular formula is C22H25NO5S. The lowest BCUT2D eigenvalue weighted by atomic mass is 10.1. The molecule has 0 unspecified atom stereocenters. The highest BCUT2D eigenvalue weighted by Crippen LogP contribution is 2.21. The van der Waals surface area contributed by atoms with Crippen molar-refractivity contribution in [3.8, 4) is 5.75 Å². The van der Waals surface area contributed by atoms with Gasteiger partial charge < -0.3 is 4.74 Å². The Labute approximate surface area is 171 Å². The topological polar surface area (TPSA) is 80.8 Å². The Morgan fingerprint density at radius 3 is 2.14 bits per heavy atom. The van der Waals surface area contributed by atoms with Crippen molar-refractivity contribution in [2.24, 2.45) is 0 Å². The standard InChI is InChI=1S/C22H25NO5S/c1-2-21(24)18-8-10-19(11-9-18)28-22(25)16-17-6-12-20(13-7-17)29(26,27)23-14-4-3-5-15-23/h6-13H,2-5,14-16H2,1H3. The second-order valence-electron chi connectivity index (χ2n) is 7.06. The van der Waals surface area contributed by atoms with Crippen molar-refractivity contribution in [2.45, 2.75) is 43.9 Å². The van der Waals surface area contributed by atoms with Gasteiger partial charge in [-0.2, -0.15) is 4.31 Å². The van der Waals surface area contributed by atoms with Crippen LogP contribution >= 0.6 is 0 Å². The third kappa shape index (κ3) is 5.31. The molecule has 0 radical (unpaired) electrons. The van der Waals surface area contributed by atoms with Gasteiger partial charge in [0.1, 0.15) is 5.75 Å². The van der Waals surface area contributed by atoms with E-state index in [0.717, 1.165) is 19.3 Å². The molecule has 0 bridgehead atoms. The number of hydrogen-bond acceptors (Lipinski definition) is 5. The number of sulfonamides is 1. The van der Waals surface area contributed by atoms with Crippen molar-refractivity contribution >= 4 is 21.8 Å². The number of piperidine rings is 1. The molecule has 0 saturated carbocycles. The van der Waals surface area contributed by atoms with Crippen LogP contribution in [-0.2, 0) is 21.2 Å². The Hall–Kier alpha value is -2.51. The minimum absolute atomic E-state index is 0.0275. The van der Waals surface area contributed by atoms with Gasteiger partial charge >= 0.3 is 5.97 Å². The van der Waals surface area contributed by atoms with E-state index in [1.807, 2.05) is 0 Å².